The average molecular weight is 570 g/mol. The molecule has 226 valence electrons. The minimum atomic E-state index is -0.951. The van der Waals surface area contributed by atoms with Crippen molar-refractivity contribution < 1.29 is 19.8 Å². The third kappa shape index (κ3) is 19.1. The average Bonchev–Trinajstić information content (AvgIpc) is 3.36. The van der Waals surface area contributed by atoms with Crippen LogP contribution in [0.2, 0.25) is 0 Å². The van der Waals surface area contributed by atoms with Crippen molar-refractivity contribution in [2.24, 2.45) is 0 Å². The number of unbranched alkanes of at least 4 members (excludes halogenated alkanes) is 14. The van der Waals surface area contributed by atoms with E-state index in [1.807, 2.05) is 0 Å². The lowest BCUT2D eigenvalue weighted by molar-refractivity contribution is -0.126. The topological polar surface area (TPSA) is 129 Å². The number of carbonyl (C=O) groups excluding carboxylic acids is 2. The number of carbonyl (C=O) groups is 2. The number of hydrogen-bond donors (Lipinski definition) is 4. The summed E-state index contributed by atoms with van der Waals surface area (Å²) in [4.78, 5) is 25.4. The smallest absolute Gasteiger partial charge is 0.249 e. The molecule has 0 spiro atoms. The fourth-order valence-electron chi connectivity index (χ4n) is 4.38. The molecule has 0 aliphatic heterocycles. The molecule has 0 unspecified atom stereocenters. The van der Waals surface area contributed by atoms with Crippen LogP contribution < -0.4 is 10.6 Å². The highest BCUT2D eigenvalue weighted by Crippen LogP contribution is 2.14. The molecule has 0 bridgehead atoms. The van der Waals surface area contributed by atoms with Gasteiger partial charge < -0.3 is 20.8 Å². The SMILES string of the molecule is CCCCCCCCCCCCCCCCCC(=O)N[C@H](CSCCC)C(=O)Nc1cn(C[C@@H](O)CO)nn1. The minimum Gasteiger partial charge on any atom is -0.394 e. The molecule has 0 aliphatic rings. The summed E-state index contributed by atoms with van der Waals surface area (Å²) in [7, 11) is 0. The number of anilines is 1. The number of aliphatic hydroxyl groups excluding tert-OH is 2. The quantitative estimate of drug-likeness (QED) is 0.109. The number of aliphatic hydroxyl groups is 2. The lowest BCUT2D eigenvalue weighted by Crippen LogP contribution is -2.45. The molecule has 39 heavy (non-hydrogen) atoms. The van der Waals surface area contributed by atoms with Crippen LogP contribution in [0.3, 0.4) is 0 Å². The Kier molecular flexibility index (Phi) is 21.9. The molecular weight excluding hydrogens is 514 g/mol. The monoisotopic (exact) mass is 569 g/mol. The third-order valence-corrected chi connectivity index (χ3v) is 7.96. The van der Waals surface area contributed by atoms with Gasteiger partial charge >= 0.3 is 0 Å². The van der Waals surface area contributed by atoms with Gasteiger partial charge in [-0.1, -0.05) is 109 Å². The zero-order valence-corrected chi connectivity index (χ0v) is 25.4. The first-order chi connectivity index (χ1) is 19.0. The van der Waals surface area contributed by atoms with Crippen LogP contribution >= 0.6 is 11.8 Å². The highest BCUT2D eigenvalue weighted by Gasteiger charge is 2.22. The Morgan fingerprint density at radius 3 is 2.00 bits per heavy atom. The summed E-state index contributed by atoms with van der Waals surface area (Å²) in [6, 6.07) is -0.654. The Balaban J connectivity index is 2.20. The second-order valence-electron chi connectivity index (χ2n) is 10.5. The molecule has 9 nitrogen and oxygen atoms in total. The summed E-state index contributed by atoms with van der Waals surface area (Å²) in [6.07, 6.45) is 21.2. The van der Waals surface area contributed by atoms with Crippen LogP contribution in [0.25, 0.3) is 0 Å². The van der Waals surface area contributed by atoms with Gasteiger partial charge in [0, 0.05) is 12.2 Å². The van der Waals surface area contributed by atoms with E-state index < -0.39 is 12.1 Å². The Morgan fingerprint density at radius 2 is 1.46 bits per heavy atom. The Labute approximate surface area is 240 Å². The maximum Gasteiger partial charge on any atom is 0.249 e. The molecule has 2 atom stereocenters. The van der Waals surface area contributed by atoms with Crippen LogP contribution in [-0.2, 0) is 16.1 Å². The molecule has 1 rings (SSSR count). The molecule has 10 heteroatoms. The first-order valence-corrected chi connectivity index (χ1v) is 16.5. The van der Waals surface area contributed by atoms with Crippen LogP contribution in [0.5, 0.6) is 0 Å². The number of thioether (sulfide) groups is 1. The normalized spacial score (nSPS) is 12.8. The van der Waals surface area contributed by atoms with Crippen molar-refractivity contribution in [1.29, 1.82) is 0 Å². The molecule has 0 aliphatic carbocycles. The van der Waals surface area contributed by atoms with E-state index >= 15 is 0 Å². The van der Waals surface area contributed by atoms with Gasteiger partial charge in [-0.15, -0.1) is 5.10 Å². The van der Waals surface area contributed by atoms with Crippen molar-refractivity contribution in [3.8, 4) is 0 Å². The number of amides is 2. The zero-order valence-electron chi connectivity index (χ0n) is 24.5. The molecule has 0 fully saturated rings. The standard InChI is InChI=1S/C29H55N5O4S/c1-3-5-6-7-8-9-10-11-12-13-14-15-16-17-18-19-28(37)30-26(24-39-20-4-2)29(38)31-27-22-34(33-32-27)21-25(36)23-35/h22,25-26,35-36H,3-21,23-24H2,1-2H3,(H,30,37)(H,31,38)/t25-,26-/m1/s1. The van der Waals surface area contributed by atoms with Gasteiger partial charge in [-0.05, 0) is 18.6 Å². The molecule has 0 saturated heterocycles. The molecular formula is C29H55N5O4S. The molecule has 0 saturated carbocycles. The van der Waals surface area contributed by atoms with Gasteiger partial charge in [0.05, 0.1) is 25.5 Å². The highest BCUT2D eigenvalue weighted by atomic mass is 32.2. The summed E-state index contributed by atoms with van der Waals surface area (Å²) < 4.78 is 1.35. The summed E-state index contributed by atoms with van der Waals surface area (Å²) >= 11 is 1.63. The first kappa shape index (κ1) is 35.4. The van der Waals surface area contributed by atoms with Crippen molar-refractivity contribution in [3.05, 3.63) is 6.20 Å². The second kappa shape index (κ2) is 24.2. The van der Waals surface area contributed by atoms with Gasteiger partial charge in [-0.25, -0.2) is 4.68 Å². The minimum absolute atomic E-state index is 0.0745. The van der Waals surface area contributed by atoms with Crippen molar-refractivity contribution in [3.63, 3.8) is 0 Å². The van der Waals surface area contributed by atoms with Gasteiger partial charge in [0.2, 0.25) is 11.8 Å². The highest BCUT2D eigenvalue weighted by molar-refractivity contribution is 7.99. The predicted molar refractivity (Wildman–Crippen MR) is 161 cm³/mol. The van der Waals surface area contributed by atoms with Crippen LogP contribution in [0.4, 0.5) is 5.82 Å². The summed E-state index contributed by atoms with van der Waals surface area (Å²) in [5.74, 6) is 1.21. The Morgan fingerprint density at radius 1 is 0.897 bits per heavy atom. The maximum atomic E-state index is 12.8. The molecule has 0 aromatic carbocycles. The van der Waals surface area contributed by atoms with Gasteiger partial charge in [0.25, 0.3) is 0 Å². The molecule has 4 N–H and O–H groups in total. The van der Waals surface area contributed by atoms with Crippen LogP contribution in [0.15, 0.2) is 6.20 Å². The summed E-state index contributed by atoms with van der Waals surface area (Å²) in [6.45, 7) is 4.03. The van der Waals surface area contributed by atoms with Crippen molar-refractivity contribution in [1.82, 2.24) is 20.3 Å². The summed E-state index contributed by atoms with van der Waals surface area (Å²) in [5, 5.41) is 31.8. The summed E-state index contributed by atoms with van der Waals surface area (Å²) in [5.41, 5.74) is 0. The molecule has 1 aromatic rings. The number of nitrogens with zero attached hydrogens (tertiary/aromatic N) is 3. The van der Waals surface area contributed by atoms with E-state index in [-0.39, 0.29) is 30.8 Å². The number of aromatic nitrogens is 3. The van der Waals surface area contributed by atoms with Gasteiger partial charge in [0.1, 0.15) is 6.04 Å². The fraction of sp³-hybridized carbons (Fsp3) is 0.862. The number of nitrogens with one attached hydrogen (secondary N) is 2. The largest absolute Gasteiger partial charge is 0.394 e. The van der Waals surface area contributed by atoms with Crippen LogP contribution in [-0.4, -0.2) is 67.3 Å². The van der Waals surface area contributed by atoms with E-state index in [9.17, 15) is 14.7 Å². The predicted octanol–water partition coefficient (Wildman–Crippen LogP) is 5.46. The van der Waals surface area contributed by atoms with Gasteiger partial charge in [-0.3, -0.25) is 9.59 Å². The molecule has 0 radical (unpaired) electrons. The lowest BCUT2D eigenvalue weighted by atomic mass is 10.0. The van der Waals surface area contributed by atoms with E-state index in [1.165, 1.54) is 87.9 Å². The lowest BCUT2D eigenvalue weighted by Gasteiger charge is -2.17. The fourth-order valence-corrected chi connectivity index (χ4v) is 5.31. The van der Waals surface area contributed by atoms with E-state index in [0.717, 1.165) is 31.4 Å². The number of hydrogen-bond acceptors (Lipinski definition) is 7. The van der Waals surface area contributed by atoms with Crippen LogP contribution in [0, 0.1) is 0 Å². The van der Waals surface area contributed by atoms with E-state index in [1.54, 1.807) is 11.8 Å². The maximum absolute atomic E-state index is 12.8. The van der Waals surface area contributed by atoms with E-state index in [0.29, 0.717) is 12.2 Å². The van der Waals surface area contributed by atoms with Crippen LogP contribution in [0.1, 0.15) is 123 Å². The molecule has 1 aromatic heterocycles. The second-order valence-corrected chi connectivity index (χ2v) is 11.7. The number of rotatable bonds is 26. The van der Waals surface area contributed by atoms with Crippen molar-refractivity contribution in [2.45, 2.75) is 142 Å². The van der Waals surface area contributed by atoms with E-state index in [2.05, 4.69) is 34.8 Å². The molecule has 2 amide bonds. The Hall–Kier alpha value is -1.65. The molecule has 1 heterocycles. The zero-order chi connectivity index (χ0) is 28.6. The van der Waals surface area contributed by atoms with E-state index in [4.69, 9.17) is 5.11 Å². The Bertz CT molecular complexity index is 749. The van der Waals surface area contributed by atoms with Crippen molar-refractivity contribution >= 4 is 29.4 Å². The van der Waals surface area contributed by atoms with Gasteiger partial charge in [-0.2, -0.15) is 11.8 Å². The van der Waals surface area contributed by atoms with Crippen molar-refractivity contribution in [2.75, 3.05) is 23.4 Å². The third-order valence-electron chi connectivity index (χ3n) is 6.69. The first-order valence-electron chi connectivity index (χ1n) is 15.4. The van der Waals surface area contributed by atoms with Gasteiger partial charge in [0.15, 0.2) is 5.82 Å².